The van der Waals surface area contributed by atoms with Crippen molar-refractivity contribution in [2.45, 2.75) is 23.8 Å². The van der Waals surface area contributed by atoms with E-state index in [9.17, 15) is 0 Å². The van der Waals surface area contributed by atoms with E-state index in [1.807, 2.05) is 18.2 Å². The van der Waals surface area contributed by atoms with Crippen LogP contribution in [0.15, 0.2) is 47.9 Å². The first-order valence-electron chi connectivity index (χ1n) is 5.42. The number of halogens is 1. The number of aromatic nitrogens is 2. The molecule has 2 aromatic rings. The summed E-state index contributed by atoms with van der Waals surface area (Å²) in [4.78, 5) is 8.41. The molecule has 1 aromatic carbocycles. The third-order valence-electron chi connectivity index (χ3n) is 2.29. The summed E-state index contributed by atoms with van der Waals surface area (Å²) in [5, 5.41) is 2.05. The number of thioether (sulfide) groups is 1. The van der Waals surface area contributed by atoms with Crippen molar-refractivity contribution in [1.82, 2.24) is 9.97 Å². The van der Waals surface area contributed by atoms with Crippen molar-refractivity contribution < 1.29 is 0 Å². The summed E-state index contributed by atoms with van der Waals surface area (Å²) in [5.74, 6) is 0. The highest BCUT2D eigenvalue weighted by Gasteiger charge is 2.07. The smallest absolute Gasteiger partial charge is 0.187 e. The lowest BCUT2D eigenvalue weighted by atomic mass is 10.1. The Bertz CT molecular complexity index is 459. The highest BCUT2D eigenvalue weighted by molar-refractivity contribution is 7.99. The Balaban J connectivity index is 1.93. The van der Waals surface area contributed by atoms with Crippen molar-refractivity contribution in [3.8, 4) is 0 Å². The lowest BCUT2D eigenvalue weighted by Crippen LogP contribution is -2.02. The van der Waals surface area contributed by atoms with Gasteiger partial charge in [0.15, 0.2) is 5.16 Å². The van der Waals surface area contributed by atoms with Crippen molar-refractivity contribution in [2.24, 2.45) is 0 Å². The molecule has 2 nitrogen and oxygen atoms in total. The predicted molar refractivity (Wildman–Crippen MR) is 72.5 cm³/mol. The molecule has 2 rings (SSSR count). The highest BCUT2D eigenvalue weighted by atomic mass is 35.5. The van der Waals surface area contributed by atoms with Crippen molar-refractivity contribution in [2.75, 3.05) is 0 Å². The van der Waals surface area contributed by atoms with Gasteiger partial charge in [0.05, 0.1) is 0 Å². The fraction of sp³-hybridized carbons (Fsp3) is 0.231. The van der Waals surface area contributed by atoms with Crippen LogP contribution in [-0.2, 0) is 6.42 Å². The average molecular weight is 265 g/mol. The summed E-state index contributed by atoms with van der Waals surface area (Å²) in [5.41, 5.74) is 1.28. The molecular weight excluding hydrogens is 252 g/mol. The van der Waals surface area contributed by atoms with E-state index in [1.165, 1.54) is 5.56 Å². The van der Waals surface area contributed by atoms with Crippen molar-refractivity contribution in [3.63, 3.8) is 0 Å². The second-order valence-corrected chi connectivity index (χ2v) is 5.63. The van der Waals surface area contributed by atoms with Gasteiger partial charge in [-0.15, -0.1) is 0 Å². The quantitative estimate of drug-likeness (QED) is 0.620. The Morgan fingerprint density at radius 2 is 1.82 bits per heavy atom. The second kappa shape index (κ2) is 6.03. The van der Waals surface area contributed by atoms with Crippen LogP contribution in [-0.4, -0.2) is 15.2 Å². The van der Waals surface area contributed by atoms with Gasteiger partial charge in [-0.05, 0) is 30.2 Å². The minimum atomic E-state index is 0.443. The van der Waals surface area contributed by atoms with Crippen LogP contribution in [0.2, 0.25) is 5.02 Å². The maximum atomic E-state index is 5.85. The SMILES string of the molecule is CC(Cc1ccc(Cl)cc1)Sc1ncccn1. The van der Waals surface area contributed by atoms with Crippen molar-refractivity contribution >= 4 is 23.4 Å². The first kappa shape index (κ1) is 12.4. The molecule has 0 saturated carbocycles. The van der Waals surface area contributed by atoms with Gasteiger partial charge in [0.2, 0.25) is 0 Å². The van der Waals surface area contributed by atoms with Crippen LogP contribution in [0, 0.1) is 0 Å². The molecule has 17 heavy (non-hydrogen) atoms. The zero-order valence-corrected chi connectivity index (χ0v) is 11.1. The van der Waals surface area contributed by atoms with Crippen molar-refractivity contribution in [3.05, 3.63) is 53.3 Å². The number of benzene rings is 1. The number of rotatable bonds is 4. The lowest BCUT2D eigenvalue weighted by Gasteiger charge is -2.09. The fourth-order valence-corrected chi connectivity index (χ4v) is 2.53. The van der Waals surface area contributed by atoms with Crippen LogP contribution in [0.1, 0.15) is 12.5 Å². The van der Waals surface area contributed by atoms with E-state index in [-0.39, 0.29) is 0 Å². The minimum absolute atomic E-state index is 0.443. The second-order valence-electron chi connectivity index (χ2n) is 3.79. The molecule has 0 amide bonds. The molecule has 0 fully saturated rings. The van der Waals surface area contributed by atoms with Gasteiger partial charge in [-0.1, -0.05) is 42.4 Å². The maximum absolute atomic E-state index is 5.85. The molecule has 0 aliphatic carbocycles. The third kappa shape index (κ3) is 4.02. The van der Waals surface area contributed by atoms with Gasteiger partial charge in [-0.25, -0.2) is 9.97 Å². The van der Waals surface area contributed by atoms with E-state index >= 15 is 0 Å². The molecule has 1 unspecified atom stereocenters. The molecule has 4 heteroatoms. The molecule has 1 aromatic heterocycles. The Morgan fingerprint density at radius 1 is 1.18 bits per heavy atom. The fourth-order valence-electron chi connectivity index (χ4n) is 1.52. The molecule has 1 atom stereocenters. The van der Waals surface area contributed by atoms with Gasteiger partial charge < -0.3 is 0 Å². The van der Waals surface area contributed by atoms with Gasteiger partial charge in [0.25, 0.3) is 0 Å². The van der Waals surface area contributed by atoms with E-state index in [2.05, 4.69) is 29.0 Å². The summed E-state index contributed by atoms with van der Waals surface area (Å²) in [7, 11) is 0. The van der Waals surface area contributed by atoms with Gasteiger partial charge in [0.1, 0.15) is 0 Å². The number of hydrogen-bond acceptors (Lipinski definition) is 3. The van der Waals surface area contributed by atoms with Crippen LogP contribution < -0.4 is 0 Å². The first-order valence-corrected chi connectivity index (χ1v) is 6.68. The van der Waals surface area contributed by atoms with Gasteiger partial charge in [-0.2, -0.15) is 0 Å². The molecule has 0 bridgehead atoms. The molecule has 0 aliphatic rings. The Hall–Kier alpha value is -1.06. The minimum Gasteiger partial charge on any atom is -0.231 e. The predicted octanol–water partition coefficient (Wildman–Crippen LogP) is 3.85. The monoisotopic (exact) mass is 264 g/mol. The zero-order chi connectivity index (χ0) is 12.1. The molecule has 0 N–H and O–H groups in total. The average Bonchev–Trinajstić information content (AvgIpc) is 2.33. The van der Waals surface area contributed by atoms with Crippen LogP contribution >= 0.6 is 23.4 Å². The van der Waals surface area contributed by atoms with Gasteiger partial charge in [-0.3, -0.25) is 0 Å². The summed E-state index contributed by atoms with van der Waals surface area (Å²) < 4.78 is 0. The number of hydrogen-bond donors (Lipinski definition) is 0. The summed E-state index contributed by atoms with van der Waals surface area (Å²) >= 11 is 7.54. The maximum Gasteiger partial charge on any atom is 0.187 e. The highest BCUT2D eigenvalue weighted by Crippen LogP contribution is 2.22. The van der Waals surface area contributed by atoms with E-state index in [4.69, 9.17) is 11.6 Å². The topological polar surface area (TPSA) is 25.8 Å². The molecule has 0 radical (unpaired) electrons. The Labute approximate surface area is 110 Å². The van der Waals surface area contributed by atoms with Gasteiger partial charge >= 0.3 is 0 Å². The van der Waals surface area contributed by atoms with Crippen LogP contribution in [0.5, 0.6) is 0 Å². The number of nitrogens with zero attached hydrogens (tertiary/aromatic N) is 2. The molecule has 0 aliphatic heterocycles. The summed E-state index contributed by atoms with van der Waals surface area (Å²) in [6.45, 7) is 2.18. The third-order valence-corrected chi connectivity index (χ3v) is 3.53. The van der Waals surface area contributed by atoms with E-state index < -0.39 is 0 Å². The van der Waals surface area contributed by atoms with Crippen LogP contribution in [0.4, 0.5) is 0 Å². The largest absolute Gasteiger partial charge is 0.231 e. The standard InChI is InChI=1S/C13H13ClN2S/c1-10(17-13-15-7-2-8-16-13)9-11-3-5-12(14)6-4-11/h2-8,10H,9H2,1H3. The molecule has 1 heterocycles. The van der Waals surface area contributed by atoms with E-state index in [0.29, 0.717) is 5.25 Å². The van der Waals surface area contributed by atoms with Crippen molar-refractivity contribution in [1.29, 1.82) is 0 Å². The van der Waals surface area contributed by atoms with Crippen LogP contribution in [0.3, 0.4) is 0 Å². The zero-order valence-electron chi connectivity index (χ0n) is 9.51. The summed E-state index contributed by atoms with van der Waals surface area (Å²) in [6.07, 6.45) is 4.52. The van der Waals surface area contributed by atoms with Crippen LogP contribution in [0.25, 0.3) is 0 Å². The molecular formula is C13H13ClN2S. The molecule has 0 saturated heterocycles. The molecule has 88 valence electrons. The molecule has 0 spiro atoms. The first-order chi connectivity index (χ1) is 8.24. The Kier molecular flexibility index (Phi) is 4.40. The van der Waals surface area contributed by atoms with Gasteiger partial charge in [0, 0.05) is 22.7 Å². The summed E-state index contributed by atoms with van der Waals surface area (Å²) in [6, 6.07) is 9.80. The Morgan fingerprint density at radius 3 is 2.47 bits per heavy atom. The van der Waals surface area contributed by atoms with E-state index in [1.54, 1.807) is 24.2 Å². The normalized spacial score (nSPS) is 12.4. The van der Waals surface area contributed by atoms with E-state index in [0.717, 1.165) is 16.6 Å². The lowest BCUT2D eigenvalue weighted by molar-refractivity contribution is 0.909.